The van der Waals surface area contributed by atoms with Gasteiger partial charge in [-0.05, 0) is 50.3 Å². The Kier molecular flexibility index (Phi) is 5.62. The van der Waals surface area contributed by atoms with Crippen molar-refractivity contribution in [2.45, 2.75) is 45.2 Å². The quantitative estimate of drug-likeness (QED) is 0.906. The van der Waals surface area contributed by atoms with Crippen LogP contribution in [0.25, 0.3) is 0 Å². The summed E-state index contributed by atoms with van der Waals surface area (Å²) < 4.78 is 5.43. The van der Waals surface area contributed by atoms with Crippen LogP contribution in [0.15, 0.2) is 24.3 Å². The molecule has 0 saturated heterocycles. The van der Waals surface area contributed by atoms with Crippen molar-refractivity contribution in [3.8, 4) is 5.75 Å². The molecule has 2 N–H and O–H groups in total. The maximum atomic E-state index is 12.4. The molecule has 0 aliphatic heterocycles. The van der Waals surface area contributed by atoms with Gasteiger partial charge in [-0.2, -0.15) is 0 Å². The van der Waals surface area contributed by atoms with Gasteiger partial charge in [-0.25, -0.2) is 0 Å². The number of rotatable bonds is 5. The topological polar surface area (TPSA) is 55.6 Å². The molecule has 0 radical (unpaired) electrons. The molecule has 1 aliphatic carbocycles. The smallest absolute Gasteiger partial charge is 0.225 e. The summed E-state index contributed by atoms with van der Waals surface area (Å²) >= 11 is 0. The van der Waals surface area contributed by atoms with Crippen LogP contribution in [0.4, 0.5) is 0 Å². The van der Waals surface area contributed by atoms with Crippen molar-refractivity contribution in [3.05, 3.63) is 29.8 Å². The average Bonchev–Trinajstić information content (AvgIpc) is 2.49. The molecule has 1 aromatic carbocycles. The van der Waals surface area contributed by atoms with Crippen LogP contribution in [-0.4, -0.2) is 30.5 Å². The number of nitrogens with zero attached hydrogens (tertiary/aromatic N) is 1. The predicted molar refractivity (Wildman–Crippen MR) is 84.0 cm³/mol. The van der Waals surface area contributed by atoms with Crippen molar-refractivity contribution in [1.29, 1.82) is 0 Å². The molecule has 0 aromatic heterocycles. The molecular formula is C17H26N2O2. The summed E-state index contributed by atoms with van der Waals surface area (Å²) in [6.45, 7) is 3.28. The summed E-state index contributed by atoms with van der Waals surface area (Å²) in [5.41, 5.74) is 7.03. The lowest BCUT2D eigenvalue weighted by atomic mass is 9.85. The van der Waals surface area contributed by atoms with E-state index >= 15 is 0 Å². The molecule has 0 heterocycles. The van der Waals surface area contributed by atoms with Crippen LogP contribution >= 0.6 is 0 Å². The monoisotopic (exact) mass is 290 g/mol. The van der Waals surface area contributed by atoms with Crippen molar-refractivity contribution in [1.82, 2.24) is 4.90 Å². The Morgan fingerprint density at radius 1 is 1.24 bits per heavy atom. The Morgan fingerprint density at radius 2 is 1.86 bits per heavy atom. The largest absolute Gasteiger partial charge is 0.494 e. The number of hydrogen-bond donors (Lipinski definition) is 1. The number of nitrogens with two attached hydrogens (primary N) is 1. The first-order chi connectivity index (χ1) is 10.1. The molecule has 1 saturated carbocycles. The van der Waals surface area contributed by atoms with Gasteiger partial charge in [0.1, 0.15) is 5.75 Å². The zero-order chi connectivity index (χ0) is 15.2. The van der Waals surface area contributed by atoms with Crippen LogP contribution in [0.1, 0.15) is 38.2 Å². The van der Waals surface area contributed by atoms with Gasteiger partial charge in [0.25, 0.3) is 0 Å². The van der Waals surface area contributed by atoms with Gasteiger partial charge in [-0.3, -0.25) is 4.79 Å². The Labute approximate surface area is 127 Å². The normalized spacial score (nSPS) is 21.9. The molecule has 21 heavy (non-hydrogen) atoms. The second-order valence-corrected chi connectivity index (χ2v) is 5.88. The molecule has 1 aromatic rings. The van der Waals surface area contributed by atoms with E-state index in [1.807, 2.05) is 43.1 Å². The van der Waals surface area contributed by atoms with Gasteiger partial charge in [0.2, 0.25) is 5.91 Å². The SMILES string of the molecule is CCOc1ccc(CN(C)C(=O)C2CCC(N)CC2)cc1. The standard InChI is InChI=1S/C17H26N2O2/c1-3-21-16-10-4-13(5-11-16)12-19(2)17(20)14-6-8-15(18)9-7-14/h4-5,10-11,14-15H,3,6-9,12,18H2,1-2H3. The van der Waals surface area contributed by atoms with Crippen molar-refractivity contribution >= 4 is 5.91 Å². The molecule has 0 spiro atoms. The predicted octanol–water partition coefficient (Wildman–Crippen LogP) is 2.56. The van der Waals surface area contributed by atoms with Crippen LogP contribution in [0, 0.1) is 5.92 Å². The zero-order valence-electron chi connectivity index (χ0n) is 13.0. The Morgan fingerprint density at radius 3 is 2.43 bits per heavy atom. The molecule has 0 unspecified atom stereocenters. The minimum atomic E-state index is 0.150. The van der Waals surface area contributed by atoms with Gasteiger partial charge in [0, 0.05) is 25.6 Å². The molecule has 1 amide bonds. The number of ether oxygens (including phenoxy) is 1. The van der Waals surface area contributed by atoms with Gasteiger partial charge < -0.3 is 15.4 Å². The summed E-state index contributed by atoms with van der Waals surface area (Å²) in [6.07, 6.45) is 3.78. The molecule has 1 aliphatic rings. The number of benzene rings is 1. The first-order valence-corrected chi connectivity index (χ1v) is 7.82. The maximum Gasteiger partial charge on any atom is 0.225 e. The lowest BCUT2D eigenvalue weighted by Gasteiger charge is -2.29. The van der Waals surface area contributed by atoms with Crippen LogP contribution < -0.4 is 10.5 Å². The Bertz CT molecular complexity index is 450. The van der Waals surface area contributed by atoms with Gasteiger partial charge in [0.15, 0.2) is 0 Å². The van der Waals surface area contributed by atoms with E-state index in [1.54, 1.807) is 0 Å². The Balaban J connectivity index is 1.88. The fourth-order valence-corrected chi connectivity index (χ4v) is 2.89. The third-order valence-electron chi connectivity index (χ3n) is 4.15. The third kappa shape index (κ3) is 4.46. The molecular weight excluding hydrogens is 264 g/mol. The lowest BCUT2D eigenvalue weighted by molar-refractivity contribution is -0.135. The van der Waals surface area contributed by atoms with E-state index in [9.17, 15) is 4.79 Å². The summed E-state index contributed by atoms with van der Waals surface area (Å²) in [5.74, 6) is 1.27. The third-order valence-corrected chi connectivity index (χ3v) is 4.15. The molecule has 4 nitrogen and oxygen atoms in total. The van der Waals surface area contributed by atoms with Crippen LogP contribution in [-0.2, 0) is 11.3 Å². The molecule has 116 valence electrons. The molecule has 2 rings (SSSR count). The summed E-state index contributed by atoms with van der Waals surface area (Å²) in [4.78, 5) is 14.3. The minimum absolute atomic E-state index is 0.150. The van der Waals surface area contributed by atoms with Gasteiger partial charge in [-0.15, -0.1) is 0 Å². The van der Waals surface area contributed by atoms with E-state index in [0.717, 1.165) is 37.0 Å². The fourth-order valence-electron chi connectivity index (χ4n) is 2.89. The summed E-state index contributed by atoms with van der Waals surface area (Å²) in [7, 11) is 1.88. The number of amides is 1. The van der Waals surface area contributed by atoms with Gasteiger partial charge in [0.05, 0.1) is 6.61 Å². The molecule has 0 bridgehead atoms. The highest BCUT2D eigenvalue weighted by atomic mass is 16.5. The summed E-state index contributed by atoms with van der Waals surface area (Å²) in [6, 6.07) is 8.23. The van der Waals surface area contributed by atoms with Crippen molar-refractivity contribution < 1.29 is 9.53 Å². The van der Waals surface area contributed by atoms with E-state index in [-0.39, 0.29) is 17.9 Å². The van der Waals surface area contributed by atoms with Crippen LogP contribution in [0.2, 0.25) is 0 Å². The Hall–Kier alpha value is -1.55. The number of carbonyl (C=O) groups excluding carboxylic acids is 1. The summed E-state index contributed by atoms with van der Waals surface area (Å²) in [5, 5.41) is 0. The first kappa shape index (κ1) is 15.8. The van der Waals surface area contributed by atoms with Gasteiger partial charge in [-0.1, -0.05) is 12.1 Å². The minimum Gasteiger partial charge on any atom is -0.494 e. The van der Waals surface area contributed by atoms with E-state index in [0.29, 0.717) is 13.2 Å². The lowest BCUT2D eigenvalue weighted by Crippen LogP contribution is -2.37. The fraction of sp³-hybridized carbons (Fsp3) is 0.588. The molecule has 1 fully saturated rings. The number of carbonyl (C=O) groups is 1. The molecule has 0 atom stereocenters. The van der Waals surface area contributed by atoms with E-state index < -0.39 is 0 Å². The highest BCUT2D eigenvalue weighted by Crippen LogP contribution is 2.25. The highest BCUT2D eigenvalue weighted by molar-refractivity contribution is 5.78. The van der Waals surface area contributed by atoms with Crippen molar-refractivity contribution in [3.63, 3.8) is 0 Å². The zero-order valence-corrected chi connectivity index (χ0v) is 13.0. The second kappa shape index (κ2) is 7.46. The van der Waals surface area contributed by atoms with Crippen molar-refractivity contribution in [2.24, 2.45) is 11.7 Å². The van der Waals surface area contributed by atoms with E-state index in [2.05, 4.69) is 0 Å². The molecule has 4 heteroatoms. The highest BCUT2D eigenvalue weighted by Gasteiger charge is 2.26. The maximum absolute atomic E-state index is 12.4. The van der Waals surface area contributed by atoms with Gasteiger partial charge >= 0.3 is 0 Å². The van der Waals surface area contributed by atoms with Crippen molar-refractivity contribution in [2.75, 3.05) is 13.7 Å². The second-order valence-electron chi connectivity index (χ2n) is 5.88. The van der Waals surface area contributed by atoms with E-state index in [4.69, 9.17) is 10.5 Å². The number of hydrogen-bond acceptors (Lipinski definition) is 3. The first-order valence-electron chi connectivity index (χ1n) is 7.82. The van der Waals surface area contributed by atoms with Crippen LogP contribution in [0.5, 0.6) is 5.75 Å². The van der Waals surface area contributed by atoms with Crippen LogP contribution in [0.3, 0.4) is 0 Å². The van der Waals surface area contributed by atoms with E-state index in [1.165, 1.54) is 0 Å². The average molecular weight is 290 g/mol.